The minimum Gasteiger partial charge on any atom is -0.462 e. The van der Waals surface area contributed by atoms with Gasteiger partial charge in [0.2, 0.25) is 5.72 Å². The second-order valence-corrected chi connectivity index (χ2v) is 4.56. The molecule has 0 saturated heterocycles. The summed E-state index contributed by atoms with van der Waals surface area (Å²) < 4.78 is 4.95. The van der Waals surface area contributed by atoms with Crippen LogP contribution in [0.3, 0.4) is 0 Å². The summed E-state index contributed by atoms with van der Waals surface area (Å²) in [6.45, 7) is 3.35. The van der Waals surface area contributed by atoms with Crippen LogP contribution in [0.2, 0.25) is 0 Å². The number of hydroxylamine groups is 2. The number of nitrogens with zero attached hydrogens (tertiary/aromatic N) is 1. The van der Waals surface area contributed by atoms with E-state index in [-0.39, 0.29) is 17.9 Å². The number of carbonyl (C=O) groups is 2. The lowest BCUT2D eigenvalue weighted by molar-refractivity contribution is -0.192. The maximum Gasteiger partial charge on any atom is 0.342 e. The largest absolute Gasteiger partial charge is 0.462 e. The Bertz CT molecular complexity index is 651. The molecule has 1 aromatic rings. The van der Waals surface area contributed by atoms with E-state index in [1.165, 1.54) is 6.92 Å². The van der Waals surface area contributed by atoms with Gasteiger partial charge in [0.25, 0.3) is 5.91 Å². The molecule has 1 amide bonds. The zero-order chi connectivity index (χ0) is 14.5. The Morgan fingerprint density at radius 1 is 1.45 bits per heavy atom. The summed E-state index contributed by atoms with van der Waals surface area (Å²) in [6, 6.07) is 6.54. The molecule has 2 heterocycles. The van der Waals surface area contributed by atoms with Gasteiger partial charge in [-0.3, -0.25) is 4.79 Å². The molecule has 0 spiro atoms. The van der Waals surface area contributed by atoms with E-state index in [1.54, 1.807) is 31.2 Å². The Balaban J connectivity index is 2.18. The third-order valence-electron chi connectivity index (χ3n) is 3.42. The molecule has 0 bridgehead atoms. The molecule has 0 aliphatic carbocycles. The molecule has 20 heavy (non-hydrogen) atoms. The zero-order valence-corrected chi connectivity index (χ0v) is 11.0. The molecule has 1 aromatic carbocycles. The van der Waals surface area contributed by atoms with Gasteiger partial charge in [-0.25, -0.2) is 4.79 Å². The van der Waals surface area contributed by atoms with Crippen molar-refractivity contribution in [1.29, 1.82) is 0 Å². The average molecular weight is 275 g/mol. The second-order valence-electron chi connectivity index (χ2n) is 4.56. The quantitative estimate of drug-likeness (QED) is 0.817. The summed E-state index contributed by atoms with van der Waals surface area (Å²) in [6.07, 6.45) is 0. The summed E-state index contributed by atoms with van der Waals surface area (Å²) in [5, 5.41) is 11.7. The van der Waals surface area contributed by atoms with E-state index in [4.69, 9.17) is 9.57 Å². The highest BCUT2D eigenvalue weighted by Gasteiger charge is 2.60. The van der Waals surface area contributed by atoms with Crippen LogP contribution in [0.25, 0.3) is 0 Å². The van der Waals surface area contributed by atoms with E-state index in [9.17, 15) is 14.7 Å². The lowest BCUT2D eigenvalue weighted by atomic mass is 9.94. The number of rotatable bonds is 2. The fourth-order valence-electron chi connectivity index (χ4n) is 2.60. The van der Waals surface area contributed by atoms with Crippen LogP contribution >= 0.6 is 0 Å². The number of aliphatic hydroxyl groups is 1. The first-order valence-corrected chi connectivity index (χ1v) is 6.24. The smallest absolute Gasteiger partial charge is 0.342 e. The first-order valence-electron chi connectivity index (χ1n) is 6.24. The van der Waals surface area contributed by atoms with E-state index in [0.29, 0.717) is 11.1 Å². The first-order chi connectivity index (χ1) is 9.51. The van der Waals surface area contributed by atoms with E-state index >= 15 is 0 Å². The van der Waals surface area contributed by atoms with Gasteiger partial charge in [-0.1, -0.05) is 18.2 Å². The molecule has 6 heteroatoms. The molecule has 104 valence electrons. The molecule has 1 N–H and O–H groups in total. The molecule has 2 aliphatic rings. The van der Waals surface area contributed by atoms with Crippen molar-refractivity contribution in [2.45, 2.75) is 19.6 Å². The SMILES string of the molecule is CCOC(=O)C1=C(C)ON2C(=O)c3ccccc3C12O. The van der Waals surface area contributed by atoms with Gasteiger partial charge >= 0.3 is 5.97 Å². The van der Waals surface area contributed by atoms with Crippen LogP contribution in [-0.2, 0) is 20.1 Å². The van der Waals surface area contributed by atoms with Crippen LogP contribution in [0.4, 0.5) is 0 Å². The number of hydrogen-bond acceptors (Lipinski definition) is 5. The van der Waals surface area contributed by atoms with Crippen LogP contribution in [0, 0.1) is 0 Å². The van der Waals surface area contributed by atoms with Crippen LogP contribution < -0.4 is 0 Å². The number of benzene rings is 1. The third-order valence-corrected chi connectivity index (χ3v) is 3.42. The summed E-state index contributed by atoms with van der Waals surface area (Å²) in [5.41, 5.74) is -1.34. The van der Waals surface area contributed by atoms with Crippen molar-refractivity contribution in [2.75, 3.05) is 6.61 Å². The number of fused-ring (bicyclic) bond motifs is 3. The number of esters is 1. The van der Waals surface area contributed by atoms with Crippen LogP contribution in [-0.4, -0.2) is 28.7 Å². The van der Waals surface area contributed by atoms with Crippen molar-refractivity contribution < 1.29 is 24.3 Å². The minimum absolute atomic E-state index is 0.0577. The van der Waals surface area contributed by atoms with Gasteiger partial charge in [-0.2, -0.15) is 0 Å². The average Bonchev–Trinajstić information content (AvgIpc) is 2.80. The third kappa shape index (κ3) is 1.36. The normalized spacial score (nSPS) is 23.6. The lowest BCUT2D eigenvalue weighted by Crippen LogP contribution is -2.42. The Labute approximate surface area is 115 Å². The molecule has 3 rings (SSSR count). The van der Waals surface area contributed by atoms with Gasteiger partial charge in [0.05, 0.1) is 12.2 Å². The molecule has 1 unspecified atom stereocenters. The summed E-state index contributed by atoms with van der Waals surface area (Å²) in [4.78, 5) is 29.6. The summed E-state index contributed by atoms with van der Waals surface area (Å²) >= 11 is 0. The van der Waals surface area contributed by atoms with E-state index in [0.717, 1.165) is 5.06 Å². The van der Waals surface area contributed by atoms with Crippen molar-refractivity contribution in [3.63, 3.8) is 0 Å². The molecule has 1 atom stereocenters. The van der Waals surface area contributed by atoms with E-state index < -0.39 is 17.6 Å². The van der Waals surface area contributed by atoms with Crippen molar-refractivity contribution in [2.24, 2.45) is 0 Å². The van der Waals surface area contributed by atoms with Gasteiger partial charge in [-0.05, 0) is 19.9 Å². The molecular weight excluding hydrogens is 262 g/mol. The lowest BCUT2D eigenvalue weighted by Gasteiger charge is -2.25. The maximum absolute atomic E-state index is 12.2. The van der Waals surface area contributed by atoms with Crippen molar-refractivity contribution >= 4 is 11.9 Å². The minimum atomic E-state index is -1.91. The second kappa shape index (κ2) is 4.08. The highest BCUT2D eigenvalue weighted by atomic mass is 16.7. The Hall–Kier alpha value is -2.34. The number of amides is 1. The number of ether oxygens (including phenoxy) is 1. The van der Waals surface area contributed by atoms with E-state index in [2.05, 4.69) is 0 Å². The number of hydrogen-bond donors (Lipinski definition) is 1. The number of carbonyl (C=O) groups excluding carboxylic acids is 2. The molecule has 2 aliphatic heterocycles. The van der Waals surface area contributed by atoms with Crippen LogP contribution in [0.15, 0.2) is 35.6 Å². The molecule has 0 aromatic heterocycles. The van der Waals surface area contributed by atoms with Crippen LogP contribution in [0.5, 0.6) is 0 Å². The fraction of sp³-hybridized carbons (Fsp3) is 0.286. The highest BCUT2D eigenvalue weighted by Crippen LogP contribution is 2.48. The number of allylic oxidation sites excluding steroid dienone is 1. The Morgan fingerprint density at radius 3 is 2.85 bits per heavy atom. The van der Waals surface area contributed by atoms with Crippen LogP contribution in [0.1, 0.15) is 29.8 Å². The Kier molecular flexibility index (Phi) is 2.58. The monoisotopic (exact) mass is 275 g/mol. The van der Waals surface area contributed by atoms with Crippen molar-refractivity contribution in [3.8, 4) is 0 Å². The molecule has 0 saturated carbocycles. The molecule has 0 fully saturated rings. The first kappa shape index (κ1) is 12.7. The summed E-state index contributed by atoms with van der Waals surface area (Å²) in [5.74, 6) is -1.02. The summed E-state index contributed by atoms with van der Waals surface area (Å²) in [7, 11) is 0. The van der Waals surface area contributed by atoms with Gasteiger partial charge in [0.15, 0.2) is 0 Å². The van der Waals surface area contributed by atoms with Crippen molar-refractivity contribution in [3.05, 3.63) is 46.7 Å². The zero-order valence-electron chi connectivity index (χ0n) is 11.0. The molecular formula is C14H13NO5. The predicted molar refractivity (Wildman–Crippen MR) is 66.9 cm³/mol. The standard InChI is InChI=1S/C14H13NO5/c1-3-19-13(17)11-8(2)20-15-12(16)9-6-4-5-7-10(9)14(11,15)18/h4-7,18H,3H2,1-2H3. The fourth-order valence-corrected chi connectivity index (χ4v) is 2.60. The predicted octanol–water partition coefficient (Wildman–Crippen LogP) is 1.07. The van der Waals surface area contributed by atoms with E-state index in [1.807, 2.05) is 0 Å². The van der Waals surface area contributed by atoms with Gasteiger partial charge in [0, 0.05) is 5.56 Å². The Morgan fingerprint density at radius 2 is 2.15 bits per heavy atom. The van der Waals surface area contributed by atoms with Gasteiger partial charge in [-0.15, -0.1) is 5.06 Å². The van der Waals surface area contributed by atoms with Crippen molar-refractivity contribution in [1.82, 2.24) is 5.06 Å². The molecule has 6 nitrogen and oxygen atoms in total. The van der Waals surface area contributed by atoms with Gasteiger partial charge < -0.3 is 14.7 Å². The maximum atomic E-state index is 12.2. The van der Waals surface area contributed by atoms with Gasteiger partial charge in [0.1, 0.15) is 11.3 Å². The highest BCUT2D eigenvalue weighted by molar-refractivity contribution is 6.03. The topological polar surface area (TPSA) is 76.1 Å². The molecule has 0 radical (unpaired) electrons.